The molecule has 1 aliphatic rings. The molecule has 45 heavy (non-hydrogen) atoms. The summed E-state index contributed by atoms with van der Waals surface area (Å²) in [6.45, 7) is 0.183. The van der Waals surface area contributed by atoms with Crippen LogP contribution in [0.4, 0.5) is 5.69 Å². The van der Waals surface area contributed by atoms with Crippen molar-refractivity contribution in [2.75, 3.05) is 24.2 Å². The standard InChI is InChI=1S/C34H41Cl2N3O5S/c1-44-30-19-17-29(18-20-30)39(45(2,42)43)21-9-14-33(40)38(24-26-15-16-27(35)23-31(26)36)32(22-25-10-5-3-6-11-25)34(41)37-28-12-7-4-8-13-28/h3,5-6,10-11,15-20,23,28,32H,4,7-9,12-14,21-22,24H2,1-2H3,(H,37,41). The Morgan fingerprint density at radius 3 is 2.29 bits per heavy atom. The number of halogens is 2. The number of ether oxygens (including phenoxy) is 1. The third-order valence-corrected chi connectivity index (χ3v) is 9.87. The van der Waals surface area contributed by atoms with Crippen molar-refractivity contribution < 1.29 is 22.7 Å². The van der Waals surface area contributed by atoms with Gasteiger partial charge in [0.25, 0.3) is 0 Å². The molecule has 4 rings (SSSR count). The number of methoxy groups -OCH3 is 1. The zero-order valence-electron chi connectivity index (χ0n) is 25.8. The van der Waals surface area contributed by atoms with Gasteiger partial charge in [-0.1, -0.05) is 78.9 Å². The van der Waals surface area contributed by atoms with Crippen LogP contribution in [0, 0.1) is 0 Å². The molecule has 1 N–H and O–H groups in total. The van der Waals surface area contributed by atoms with E-state index in [1.54, 1.807) is 54.5 Å². The summed E-state index contributed by atoms with van der Waals surface area (Å²) in [5, 5.41) is 4.09. The lowest BCUT2D eigenvalue weighted by Crippen LogP contribution is -2.53. The quantitative estimate of drug-likeness (QED) is 0.207. The SMILES string of the molecule is COc1ccc(N(CCCC(=O)N(Cc2ccc(Cl)cc2Cl)C(Cc2ccccc2)C(=O)NC2CCCCC2)S(C)(=O)=O)cc1. The molecule has 11 heteroatoms. The second kappa shape index (κ2) is 16.3. The number of hydrogen-bond acceptors (Lipinski definition) is 5. The molecule has 0 aliphatic heterocycles. The monoisotopic (exact) mass is 673 g/mol. The molecule has 0 heterocycles. The van der Waals surface area contributed by atoms with Gasteiger partial charge in [0.1, 0.15) is 11.8 Å². The number of rotatable bonds is 14. The highest BCUT2D eigenvalue weighted by atomic mass is 35.5. The van der Waals surface area contributed by atoms with E-state index < -0.39 is 16.1 Å². The molecule has 1 fully saturated rings. The molecule has 242 valence electrons. The van der Waals surface area contributed by atoms with E-state index >= 15 is 0 Å². The van der Waals surface area contributed by atoms with E-state index in [-0.39, 0.29) is 43.8 Å². The van der Waals surface area contributed by atoms with Crippen LogP contribution in [0.1, 0.15) is 56.1 Å². The van der Waals surface area contributed by atoms with Gasteiger partial charge in [0.2, 0.25) is 21.8 Å². The first-order valence-corrected chi connectivity index (χ1v) is 17.8. The fourth-order valence-corrected chi connectivity index (χ4v) is 7.12. The number of carbonyl (C=O) groups is 2. The summed E-state index contributed by atoms with van der Waals surface area (Å²) in [6, 6.07) is 20.7. The molecular weight excluding hydrogens is 633 g/mol. The molecular formula is C34H41Cl2N3O5S. The lowest BCUT2D eigenvalue weighted by atomic mass is 9.94. The second-order valence-electron chi connectivity index (χ2n) is 11.4. The van der Waals surface area contributed by atoms with Gasteiger partial charge in [0.05, 0.1) is 19.1 Å². The Kier molecular flexibility index (Phi) is 12.6. The van der Waals surface area contributed by atoms with E-state index in [1.807, 2.05) is 30.3 Å². The molecule has 1 atom stereocenters. The first-order valence-electron chi connectivity index (χ1n) is 15.2. The molecule has 3 aromatic carbocycles. The highest BCUT2D eigenvalue weighted by Gasteiger charge is 2.32. The number of amides is 2. The summed E-state index contributed by atoms with van der Waals surface area (Å²) >= 11 is 12.7. The van der Waals surface area contributed by atoms with Crippen molar-refractivity contribution >= 4 is 50.7 Å². The molecule has 1 aliphatic carbocycles. The number of anilines is 1. The molecule has 0 bridgehead atoms. The summed E-state index contributed by atoms with van der Waals surface area (Å²) in [6.07, 6.45) is 6.81. The van der Waals surface area contributed by atoms with Crippen molar-refractivity contribution in [3.63, 3.8) is 0 Å². The van der Waals surface area contributed by atoms with Gasteiger partial charge in [-0.2, -0.15) is 0 Å². The van der Waals surface area contributed by atoms with Gasteiger partial charge < -0.3 is 15.0 Å². The minimum Gasteiger partial charge on any atom is -0.497 e. The topological polar surface area (TPSA) is 96.0 Å². The molecule has 8 nitrogen and oxygen atoms in total. The van der Waals surface area contributed by atoms with Gasteiger partial charge in [-0.25, -0.2) is 8.42 Å². The second-order valence-corrected chi connectivity index (χ2v) is 14.2. The summed E-state index contributed by atoms with van der Waals surface area (Å²) in [7, 11) is -2.09. The van der Waals surface area contributed by atoms with Gasteiger partial charge in [0, 0.05) is 42.0 Å². The van der Waals surface area contributed by atoms with Crippen LogP contribution in [-0.4, -0.2) is 57.1 Å². The summed E-state index contributed by atoms with van der Waals surface area (Å²) in [4.78, 5) is 29.7. The van der Waals surface area contributed by atoms with Crippen LogP contribution in [0.15, 0.2) is 72.8 Å². The summed E-state index contributed by atoms with van der Waals surface area (Å²) < 4.78 is 31.9. The lowest BCUT2D eigenvalue weighted by molar-refractivity contribution is -0.141. The van der Waals surface area contributed by atoms with E-state index in [9.17, 15) is 18.0 Å². The average molecular weight is 675 g/mol. The van der Waals surface area contributed by atoms with E-state index in [0.717, 1.165) is 43.9 Å². The maximum absolute atomic E-state index is 14.1. The number of benzene rings is 3. The Morgan fingerprint density at radius 1 is 0.978 bits per heavy atom. The van der Waals surface area contributed by atoms with E-state index in [2.05, 4.69) is 5.32 Å². The Bertz CT molecular complexity index is 1530. The van der Waals surface area contributed by atoms with Crippen molar-refractivity contribution in [2.24, 2.45) is 0 Å². The Hall–Kier alpha value is -3.27. The van der Waals surface area contributed by atoms with Crippen molar-refractivity contribution in [1.82, 2.24) is 10.2 Å². The fraction of sp³-hybridized carbons (Fsp3) is 0.412. The van der Waals surface area contributed by atoms with Crippen molar-refractivity contribution in [3.8, 4) is 5.75 Å². The van der Waals surface area contributed by atoms with Crippen molar-refractivity contribution in [1.29, 1.82) is 0 Å². The Labute approximate surface area is 276 Å². The first kappa shape index (κ1) is 34.6. The van der Waals surface area contributed by atoms with Gasteiger partial charge in [-0.3, -0.25) is 13.9 Å². The normalized spacial score (nSPS) is 14.4. The minimum atomic E-state index is -3.63. The molecule has 0 saturated heterocycles. The number of hydrogen-bond donors (Lipinski definition) is 1. The largest absolute Gasteiger partial charge is 0.497 e. The van der Waals surface area contributed by atoms with Gasteiger partial charge in [-0.05, 0) is 66.8 Å². The third-order valence-electron chi connectivity index (χ3n) is 8.09. The number of carbonyl (C=O) groups excluding carboxylic acids is 2. The minimum absolute atomic E-state index is 0.0232. The Balaban J connectivity index is 1.60. The summed E-state index contributed by atoms with van der Waals surface area (Å²) in [5.74, 6) is 0.124. The predicted octanol–water partition coefficient (Wildman–Crippen LogP) is 6.64. The predicted molar refractivity (Wildman–Crippen MR) is 180 cm³/mol. The van der Waals surface area contributed by atoms with Crippen LogP contribution in [0.3, 0.4) is 0 Å². The maximum atomic E-state index is 14.1. The molecule has 0 spiro atoms. The van der Waals surface area contributed by atoms with Crippen LogP contribution in [0.5, 0.6) is 5.75 Å². The Morgan fingerprint density at radius 2 is 1.67 bits per heavy atom. The van der Waals surface area contributed by atoms with Gasteiger partial charge in [-0.15, -0.1) is 0 Å². The highest BCUT2D eigenvalue weighted by Crippen LogP contribution is 2.26. The van der Waals surface area contributed by atoms with Crippen molar-refractivity contribution in [3.05, 3.63) is 94.0 Å². The van der Waals surface area contributed by atoms with E-state index in [0.29, 0.717) is 33.5 Å². The van der Waals surface area contributed by atoms with Gasteiger partial charge >= 0.3 is 0 Å². The van der Waals surface area contributed by atoms with Crippen LogP contribution in [0.25, 0.3) is 0 Å². The molecule has 3 aromatic rings. The first-order chi connectivity index (χ1) is 21.5. The molecule has 1 saturated carbocycles. The lowest BCUT2D eigenvalue weighted by Gasteiger charge is -2.34. The fourth-order valence-electron chi connectivity index (χ4n) is 5.68. The molecule has 2 amide bonds. The zero-order valence-corrected chi connectivity index (χ0v) is 28.1. The average Bonchev–Trinajstić information content (AvgIpc) is 3.02. The van der Waals surface area contributed by atoms with E-state index in [4.69, 9.17) is 27.9 Å². The maximum Gasteiger partial charge on any atom is 0.243 e. The zero-order chi connectivity index (χ0) is 32.4. The van der Waals surface area contributed by atoms with Crippen LogP contribution in [0.2, 0.25) is 10.0 Å². The van der Waals surface area contributed by atoms with Crippen molar-refractivity contribution in [2.45, 2.75) is 70.0 Å². The number of nitrogens with zero attached hydrogens (tertiary/aromatic N) is 2. The van der Waals surface area contributed by atoms with Crippen LogP contribution in [-0.2, 0) is 32.6 Å². The van der Waals surface area contributed by atoms with Crippen LogP contribution >= 0.6 is 23.2 Å². The molecule has 0 radical (unpaired) electrons. The third kappa shape index (κ3) is 10.1. The number of nitrogens with one attached hydrogen (secondary N) is 1. The highest BCUT2D eigenvalue weighted by molar-refractivity contribution is 7.92. The number of sulfonamides is 1. The van der Waals surface area contributed by atoms with Crippen LogP contribution < -0.4 is 14.4 Å². The summed E-state index contributed by atoms with van der Waals surface area (Å²) in [5.41, 5.74) is 2.06. The van der Waals surface area contributed by atoms with E-state index in [1.165, 1.54) is 4.31 Å². The van der Waals surface area contributed by atoms with Gasteiger partial charge in [0.15, 0.2) is 0 Å². The molecule has 0 aromatic heterocycles. The smallest absolute Gasteiger partial charge is 0.243 e. The molecule has 1 unspecified atom stereocenters.